The van der Waals surface area contributed by atoms with Crippen LogP contribution in [-0.4, -0.2) is 34.6 Å². The topological polar surface area (TPSA) is 122 Å². The fraction of sp³-hybridized carbons (Fsp3) is 0.273. The summed E-state index contributed by atoms with van der Waals surface area (Å²) in [5.74, 6) is -4.74. The molecule has 0 radical (unpaired) electrons. The van der Waals surface area contributed by atoms with Gasteiger partial charge in [-0.1, -0.05) is 35.9 Å². The smallest absolute Gasteiger partial charge is 0.250 e. The first kappa shape index (κ1) is 20.6. The molecule has 5 rings (SSSR count). The van der Waals surface area contributed by atoms with E-state index in [-0.39, 0.29) is 13.0 Å². The standard InChI is InChI=1S/C22H18ClFN4O4/c23-13-3-1-2-12-18(13)26-21(32)22(12)17-16(14(27-22)8-15(25)29)19(30)28(20(17)31)9-10-4-6-11(24)7-5-10/h1-7,14,16-17,27H,8-9H2,(H2,25,29)(H,26,32). The molecule has 0 bridgehead atoms. The molecule has 3 heterocycles. The van der Waals surface area contributed by atoms with Gasteiger partial charge in [-0.15, -0.1) is 0 Å². The zero-order chi connectivity index (χ0) is 22.8. The lowest BCUT2D eigenvalue weighted by Crippen LogP contribution is -2.53. The number of likely N-dealkylation sites (tertiary alicyclic amines) is 1. The minimum atomic E-state index is -1.56. The van der Waals surface area contributed by atoms with Crippen LogP contribution < -0.4 is 16.4 Å². The summed E-state index contributed by atoms with van der Waals surface area (Å²) in [5.41, 5.74) is 5.21. The minimum absolute atomic E-state index is 0.0751. The molecule has 32 heavy (non-hydrogen) atoms. The van der Waals surface area contributed by atoms with Crippen molar-refractivity contribution in [1.29, 1.82) is 0 Å². The van der Waals surface area contributed by atoms with Gasteiger partial charge in [0.15, 0.2) is 0 Å². The maximum absolute atomic E-state index is 13.6. The van der Waals surface area contributed by atoms with Gasteiger partial charge in [0.25, 0.3) is 0 Å². The lowest BCUT2D eigenvalue weighted by atomic mass is 9.76. The molecule has 0 aliphatic carbocycles. The molecule has 2 aromatic rings. The molecule has 4 unspecified atom stereocenters. The molecule has 2 fully saturated rings. The Hall–Kier alpha value is -3.30. The van der Waals surface area contributed by atoms with Crippen LogP contribution in [0, 0.1) is 17.7 Å². The van der Waals surface area contributed by atoms with Crippen molar-refractivity contribution in [3.05, 3.63) is 64.4 Å². The summed E-state index contributed by atoms with van der Waals surface area (Å²) < 4.78 is 13.3. The summed E-state index contributed by atoms with van der Waals surface area (Å²) in [7, 11) is 0. The van der Waals surface area contributed by atoms with Crippen molar-refractivity contribution >= 4 is 40.9 Å². The van der Waals surface area contributed by atoms with E-state index in [1.807, 2.05) is 0 Å². The molecule has 8 nitrogen and oxygen atoms in total. The van der Waals surface area contributed by atoms with Gasteiger partial charge in [0.05, 0.1) is 29.1 Å². The van der Waals surface area contributed by atoms with Crippen LogP contribution in [0.5, 0.6) is 0 Å². The van der Waals surface area contributed by atoms with Crippen LogP contribution in [0.25, 0.3) is 0 Å². The first-order valence-electron chi connectivity index (χ1n) is 10.00. The normalized spacial score (nSPS) is 28.2. The van der Waals surface area contributed by atoms with E-state index in [1.165, 1.54) is 24.3 Å². The highest BCUT2D eigenvalue weighted by molar-refractivity contribution is 6.35. The van der Waals surface area contributed by atoms with Gasteiger partial charge in [-0.25, -0.2) is 4.39 Å². The fourth-order valence-corrected chi connectivity index (χ4v) is 5.39. The van der Waals surface area contributed by atoms with E-state index in [2.05, 4.69) is 10.6 Å². The van der Waals surface area contributed by atoms with Gasteiger partial charge in [0.1, 0.15) is 11.4 Å². The molecule has 1 spiro atoms. The number of amides is 4. The molecule has 3 aliphatic rings. The van der Waals surface area contributed by atoms with Gasteiger partial charge in [0, 0.05) is 18.0 Å². The molecule has 4 amide bonds. The Morgan fingerprint density at radius 2 is 1.84 bits per heavy atom. The van der Waals surface area contributed by atoms with E-state index in [1.54, 1.807) is 18.2 Å². The monoisotopic (exact) mass is 456 g/mol. The molecule has 0 aromatic heterocycles. The van der Waals surface area contributed by atoms with Crippen molar-refractivity contribution in [3.63, 3.8) is 0 Å². The Morgan fingerprint density at radius 3 is 2.53 bits per heavy atom. The SMILES string of the molecule is NC(=O)CC1NC2(C(=O)Nc3c(Cl)cccc32)C2C(=O)N(Cc3ccc(F)cc3)C(=O)C12. The quantitative estimate of drug-likeness (QED) is 0.598. The first-order chi connectivity index (χ1) is 15.2. The van der Waals surface area contributed by atoms with E-state index in [0.717, 1.165) is 4.90 Å². The van der Waals surface area contributed by atoms with Gasteiger partial charge >= 0.3 is 0 Å². The van der Waals surface area contributed by atoms with Gasteiger partial charge in [-0.3, -0.25) is 29.4 Å². The number of anilines is 1. The molecule has 2 aromatic carbocycles. The molecular weight excluding hydrogens is 439 g/mol. The Labute approximate surface area is 186 Å². The average molecular weight is 457 g/mol. The Kier molecular flexibility index (Phi) is 4.58. The number of hydrogen-bond donors (Lipinski definition) is 3. The van der Waals surface area contributed by atoms with Crippen molar-refractivity contribution in [2.75, 3.05) is 5.32 Å². The number of halogens is 2. The lowest BCUT2D eigenvalue weighted by molar-refractivity contribution is -0.143. The highest BCUT2D eigenvalue weighted by atomic mass is 35.5. The number of primary amides is 1. The summed E-state index contributed by atoms with van der Waals surface area (Å²) in [6, 6.07) is 9.55. The second-order valence-electron chi connectivity index (χ2n) is 8.24. The first-order valence-corrected chi connectivity index (χ1v) is 10.4. The second-order valence-corrected chi connectivity index (χ2v) is 8.65. The zero-order valence-corrected chi connectivity index (χ0v) is 17.4. The molecule has 164 valence electrons. The van der Waals surface area contributed by atoms with E-state index in [4.69, 9.17) is 17.3 Å². The predicted molar refractivity (Wildman–Crippen MR) is 111 cm³/mol. The number of para-hydroxylation sites is 1. The second kappa shape index (κ2) is 7.11. The van der Waals surface area contributed by atoms with Crippen molar-refractivity contribution < 1.29 is 23.6 Å². The molecule has 3 aliphatic heterocycles. The zero-order valence-electron chi connectivity index (χ0n) is 16.6. The molecule has 2 saturated heterocycles. The summed E-state index contributed by atoms with van der Waals surface area (Å²) in [5, 5.41) is 6.11. The third kappa shape index (κ3) is 2.78. The number of rotatable bonds is 4. The number of hydrogen-bond acceptors (Lipinski definition) is 5. The third-order valence-corrected chi connectivity index (χ3v) is 6.78. The van der Waals surface area contributed by atoms with Crippen LogP contribution >= 0.6 is 11.6 Å². The predicted octanol–water partition coefficient (Wildman–Crippen LogP) is 1.28. The van der Waals surface area contributed by atoms with Crippen molar-refractivity contribution in [1.82, 2.24) is 10.2 Å². The van der Waals surface area contributed by atoms with Crippen LogP contribution in [-0.2, 0) is 31.3 Å². The average Bonchev–Trinajstić information content (AvgIpc) is 3.31. The van der Waals surface area contributed by atoms with Crippen LogP contribution in [0.15, 0.2) is 42.5 Å². The van der Waals surface area contributed by atoms with Crippen LogP contribution in [0.3, 0.4) is 0 Å². The van der Waals surface area contributed by atoms with E-state index >= 15 is 0 Å². The number of benzene rings is 2. The van der Waals surface area contributed by atoms with Crippen LogP contribution in [0.2, 0.25) is 5.02 Å². The van der Waals surface area contributed by atoms with E-state index < -0.39 is 52.9 Å². The highest BCUT2D eigenvalue weighted by Gasteiger charge is 2.70. The van der Waals surface area contributed by atoms with Gasteiger partial charge in [-0.05, 0) is 23.8 Å². The number of carbonyl (C=O) groups excluding carboxylic acids is 4. The van der Waals surface area contributed by atoms with Crippen molar-refractivity contribution in [2.24, 2.45) is 17.6 Å². The maximum atomic E-state index is 13.6. The summed E-state index contributed by atoms with van der Waals surface area (Å²) >= 11 is 6.26. The number of imide groups is 1. The fourth-order valence-electron chi connectivity index (χ4n) is 5.17. The minimum Gasteiger partial charge on any atom is -0.370 e. The Balaban J connectivity index is 1.60. The Morgan fingerprint density at radius 1 is 1.12 bits per heavy atom. The lowest BCUT2D eigenvalue weighted by Gasteiger charge is -2.29. The summed E-state index contributed by atoms with van der Waals surface area (Å²) in [6.45, 7) is -0.0751. The van der Waals surface area contributed by atoms with Crippen molar-refractivity contribution in [2.45, 2.75) is 24.5 Å². The number of nitrogens with two attached hydrogens (primary N) is 1. The number of nitrogens with zero attached hydrogens (tertiary/aromatic N) is 1. The largest absolute Gasteiger partial charge is 0.370 e. The van der Waals surface area contributed by atoms with Gasteiger partial charge in [0.2, 0.25) is 23.6 Å². The van der Waals surface area contributed by atoms with E-state index in [0.29, 0.717) is 21.8 Å². The molecular formula is C22H18ClFN4O4. The molecule has 10 heteroatoms. The van der Waals surface area contributed by atoms with Crippen LogP contribution in [0.1, 0.15) is 17.5 Å². The molecule has 4 atom stereocenters. The number of fused-ring (bicyclic) bond motifs is 4. The van der Waals surface area contributed by atoms with Gasteiger partial charge < -0.3 is 11.1 Å². The van der Waals surface area contributed by atoms with Gasteiger partial charge in [-0.2, -0.15) is 0 Å². The maximum Gasteiger partial charge on any atom is 0.250 e. The molecule has 0 saturated carbocycles. The summed E-state index contributed by atoms with van der Waals surface area (Å²) in [6.07, 6.45) is -0.227. The third-order valence-electron chi connectivity index (χ3n) is 6.47. The number of nitrogens with one attached hydrogen (secondary N) is 2. The van der Waals surface area contributed by atoms with Crippen molar-refractivity contribution in [3.8, 4) is 0 Å². The van der Waals surface area contributed by atoms with E-state index in [9.17, 15) is 23.6 Å². The van der Waals surface area contributed by atoms with Crippen LogP contribution in [0.4, 0.5) is 10.1 Å². The molecule has 4 N–H and O–H groups in total. The number of carbonyl (C=O) groups is 4. The Bertz CT molecular complexity index is 1190. The summed E-state index contributed by atoms with van der Waals surface area (Å²) in [4.78, 5) is 53.0. The highest BCUT2D eigenvalue weighted by Crippen LogP contribution is 2.54.